The first-order valence-corrected chi connectivity index (χ1v) is 4.28. The second-order valence-corrected chi connectivity index (χ2v) is 3.12. The van der Waals surface area contributed by atoms with Crippen molar-refractivity contribution in [2.75, 3.05) is 7.11 Å². The Morgan fingerprint density at radius 3 is 2.92 bits per heavy atom. The third-order valence-electron chi connectivity index (χ3n) is 2.06. The fourth-order valence-corrected chi connectivity index (χ4v) is 1.72. The van der Waals surface area contributed by atoms with Gasteiger partial charge in [-0.1, -0.05) is 0 Å². The molecule has 1 aromatic heterocycles. The van der Waals surface area contributed by atoms with Gasteiger partial charge in [-0.05, 0) is 30.9 Å². The summed E-state index contributed by atoms with van der Waals surface area (Å²) in [5.74, 6) is 0.641. The fraction of sp³-hybridized carbons (Fsp3) is 0.500. The number of aromatic nitrogens is 2. The molecule has 1 aromatic rings. The van der Waals surface area contributed by atoms with Gasteiger partial charge in [-0.2, -0.15) is 4.98 Å². The van der Waals surface area contributed by atoms with Crippen LogP contribution < -0.4 is 4.74 Å². The highest BCUT2D eigenvalue weighted by Gasteiger charge is 2.18. The maximum Gasteiger partial charge on any atom is 0.225 e. The van der Waals surface area contributed by atoms with Crippen LogP contribution >= 0.6 is 11.6 Å². The molecule has 1 heterocycles. The van der Waals surface area contributed by atoms with Crippen molar-refractivity contribution in [1.82, 2.24) is 9.97 Å². The van der Waals surface area contributed by atoms with E-state index in [4.69, 9.17) is 16.3 Å². The molecule has 0 N–H and O–H groups in total. The Morgan fingerprint density at radius 1 is 1.33 bits per heavy atom. The van der Waals surface area contributed by atoms with E-state index >= 15 is 0 Å². The zero-order valence-corrected chi connectivity index (χ0v) is 7.56. The van der Waals surface area contributed by atoms with Gasteiger partial charge in [0.25, 0.3) is 0 Å². The van der Waals surface area contributed by atoms with Crippen molar-refractivity contribution >= 4 is 11.6 Å². The summed E-state index contributed by atoms with van der Waals surface area (Å²) in [6.45, 7) is 0. The molecule has 0 aromatic carbocycles. The lowest BCUT2D eigenvalue weighted by atomic mass is 10.2. The number of methoxy groups -OCH3 is 1. The van der Waals surface area contributed by atoms with Crippen molar-refractivity contribution in [3.05, 3.63) is 16.5 Å². The number of rotatable bonds is 1. The van der Waals surface area contributed by atoms with Crippen molar-refractivity contribution in [2.45, 2.75) is 19.3 Å². The third kappa shape index (κ3) is 1.14. The van der Waals surface area contributed by atoms with E-state index < -0.39 is 0 Å². The molecule has 0 radical (unpaired) electrons. The zero-order chi connectivity index (χ0) is 8.55. The van der Waals surface area contributed by atoms with Crippen molar-refractivity contribution in [3.63, 3.8) is 0 Å². The minimum absolute atomic E-state index is 0.285. The molecular formula is C8H9ClN2O. The Hall–Kier alpha value is -0.830. The highest BCUT2D eigenvalue weighted by Crippen LogP contribution is 2.28. The Morgan fingerprint density at radius 2 is 2.17 bits per heavy atom. The van der Waals surface area contributed by atoms with Crippen LogP contribution in [0.3, 0.4) is 0 Å². The summed E-state index contributed by atoms with van der Waals surface area (Å²) in [6.07, 6.45) is 3.13. The highest BCUT2D eigenvalue weighted by atomic mass is 35.5. The molecule has 4 heteroatoms. The van der Waals surface area contributed by atoms with Crippen LogP contribution in [0.15, 0.2) is 0 Å². The van der Waals surface area contributed by atoms with Gasteiger partial charge in [0.15, 0.2) is 0 Å². The standard InChI is InChI=1S/C8H9ClN2O/c1-12-7-5-3-2-4-6(5)10-8(9)11-7/h2-4H2,1H3. The molecule has 0 bridgehead atoms. The molecule has 0 saturated carbocycles. The Balaban J connectivity index is 2.55. The van der Waals surface area contributed by atoms with Crippen molar-refractivity contribution in [3.8, 4) is 5.88 Å². The van der Waals surface area contributed by atoms with Crippen LogP contribution in [0.1, 0.15) is 17.7 Å². The van der Waals surface area contributed by atoms with Crippen LogP contribution in [0.5, 0.6) is 5.88 Å². The molecule has 1 aliphatic rings. The average molecular weight is 185 g/mol. The first-order chi connectivity index (χ1) is 5.81. The van der Waals surface area contributed by atoms with Crippen LogP contribution in [0.25, 0.3) is 0 Å². The first-order valence-electron chi connectivity index (χ1n) is 3.90. The molecule has 0 spiro atoms. The topological polar surface area (TPSA) is 35.0 Å². The smallest absolute Gasteiger partial charge is 0.225 e. The number of hydrogen-bond acceptors (Lipinski definition) is 3. The van der Waals surface area contributed by atoms with Gasteiger partial charge in [0.2, 0.25) is 11.2 Å². The Bertz CT molecular complexity index is 314. The number of halogens is 1. The highest BCUT2D eigenvalue weighted by molar-refractivity contribution is 6.28. The van der Waals surface area contributed by atoms with Gasteiger partial charge in [0.05, 0.1) is 12.8 Å². The number of ether oxygens (including phenoxy) is 1. The zero-order valence-electron chi connectivity index (χ0n) is 6.80. The van der Waals surface area contributed by atoms with Crippen molar-refractivity contribution < 1.29 is 4.74 Å². The molecule has 0 fully saturated rings. The van der Waals surface area contributed by atoms with E-state index in [1.54, 1.807) is 7.11 Å². The summed E-state index contributed by atoms with van der Waals surface area (Å²) in [6, 6.07) is 0. The largest absolute Gasteiger partial charge is 0.481 e. The first kappa shape index (κ1) is 7.80. The number of hydrogen-bond donors (Lipinski definition) is 0. The summed E-state index contributed by atoms with van der Waals surface area (Å²) in [5, 5.41) is 0.285. The lowest BCUT2D eigenvalue weighted by Gasteiger charge is -2.04. The summed E-state index contributed by atoms with van der Waals surface area (Å²) >= 11 is 5.71. The Labute approximate surface area is 75.7 Å². The van der Waals surface area contributed by atoms with E-state index in [0.29, 0.717) is 5.88 Å². The summed E-state index contributed by atoms with van der Waals surface area (Å²) in [7, 11) is 1.61. The van der Waals surface area contributed by atoms with Gasteiger partial charge < -0.3 is 4.74 Å². The lowest BCUT2D eigenvalue weighted by Crippen LogP contribution is -1.98. The second-order valence-electron chi connectivity index (χ2n) is 2.78. The Kier molecular flexibility index (Phi) is 1.89. The second kappa shape index (κ2) is 2.90. The van der Waals surface area contributed by atoms with Gasteiger partial charge in [-0.3, -0.25) is 0 Å². The summed E-state index contributed by atoms with van der Waals surface area (Å²) < 4.78 is 5.10. The molecule has 12 heavy (non-hydrogen) atoms. The predicted molar refractivity (Wildman–Crippen MR) is 45.6 cm³/mol. The molecule has 0 aliphatic heterocycles. The minimum Gasteiger partial charge on any atom is -0.481 e. The predicted octanol–water partition coefficient (Wildman–Crippen LogP) is 1.63. The van der Waals surface area contributed by atoms with Crippen LogP contribution in [-0.4, -0.2) is 17.1 Å². The minimum atomic E-state index is 0.285. The van der Waals surface area contributed by atoms with Crippen molar-refractivity contribution in [1.29, 1.82) is 0 Å². The van der Waals surface area contributed by atoms with Crippen LogP contribution in [0.4, 0.5) is 0 Å². The number of fused-ring (bicyclic) bond motifs is 1. The van der Waals surface area contributed by atoms with Gasteiger partial charge in [0, 0.05) is 5.56 Å². The molecule has 0 atom stereocenters. The molecule has 64 valence electrons. The quantitative estimate of drug-likeness (QED) is 0.623. The number of nitrogens with zero attached hydrogens (tertiary/aromatic N) is 2. The van der Waals surface area contributed by atoms with E-state index in [1.165, 1.54) is 0 Å². The molecule has 3 nitrogen and oxygen atoms in total. The van der Waals surface area contributed by atoms with E-state index in [9.17, 15) is 0 Å². The molecule has 2 rings (SSSR count). The average Bonchev–Trinajstić information content (AvgIpc) is 2.50. The van der Waals surface area contributed by atoms with E-state index in [0.717, 1.165) is 30.5 Å². The van der Waals surface area contributed by atoms with E-state index in [-0.39, 0.29) is 5.28 Å². The maximum atomic E-state index is 5.71. The van der Waals surface area contributed by atoms with Gasteiger partial charge in [-0.15, -0.1) is 0 Å². The van der Waals surface area contributed by atoms with E-state index in [1.807, 2.05) is 0 Å². The van der Waals surface area contributed by atoms with Gasteiger partial charge >= 0.3 is 0 Å². The molecule has 0 unspecified atom stereocenters. The van der Waals surface area contributed by atoms with Crippen LogP contribution in [0, 0.1) is 0 Å². The van der Waals surface area contributed by atoms with Crippen LogP contribution in [0.2, 0.25) is 5.28 Å². The number of aryl methyl sites for hydroxylation is 1. The SMILES string of the molecule is COc1nc(Cl)nc2c1CCC2. The van der Waals surface area contributed by atoms with E-state index in [2.05, 4.69) is 9.97 Å². The van der Waals surface area contributed by atoms with Gasteiger partial charge in [-0.25, -0.2) is 4.98 Å². The van der Waals surface area contributed by atoms with Gasteiger partial charge in [0.1, 0.15) is 0 Å². The van der Waals surface area contributed by atoms with Crippen molar-refractivity contribution in [2.24, 2.45) is 0 Å². The molecule has 1 aliphatic carbocycles. The normalized spacial score (nSPS) is 14.5. The lowest BCUT2D eigenvalue weighted by molar-refractivity contribution is 0.392. The molecular weight excluding hydrogens is 176 g/mol. The third-order valence-corrected chi connectivity index (χ3v) is 2.23. The van der Waals surface area contributed by atoms with Crippen LogP contribution in [-0.2, 0) is 12.8 Å². The summed E-state index contributed by atoms with van der Waals surface area (Å²) in [5.41, 5.74) is 2.17. The molecule has 0 amide bonds. The molecule has 0 saturated heterocycles. The summed E-state index contributed by atoms with van der Waals surface area (Å²) in [4.78, 5) is 8.13. The maximum absolute atomic E-state index is 5.71. The fourth-order valence-electron chi connectivity index (χ4n) is 1.54. The monoisotopic (exact) mass is 184 g/mol.